The molecular formula is C13H17N5O. The van der Waals surface area contributed by atoms with Crippen LogP contribution >= 0.6 is 0 Å². The highest BCUT2D eigenvalue weighted by atomic mass is 16.1. The van der Waals surface area contributed by atoms with Crippen LogP contribution in [0, 0.1) is 24.2 Å². The van der Waals surface area contributed by atoms with E-state index in [1.54, 1.807) is 13.1 Å². The molecule has 2 rings (SSSR count). The van der Waals surface area contributed by atoms with Gasteiger partial charge >= 0.3 is 0 Å². The van der Waals surface area contributed by atoms with Gasteiger partial charge in [0.05, 0.1) is 0 Å². The monoisotopic (exact) mass is 259 g/mol. The first-order valence-corrected chi connectivity index (χ1v) is 6.36. The molecule has 1 aromatic heterocycles. The number of hydrogen-bond acceptors (Lipinski definition) is 5. The van der Waals surface area contributed by atoms with Gasteiger partial charge in [0.25, 0.3) is 0 Å². The molecule has 0 unspecified atom stereocenters. The van der Waals surface area contributed by atoms with Gasteiger partial charge in [0.2, 0.25) is 11.9 Å². The zero-order valence-electron chi connectivity index (χ0n) is 11.2. The van der Waals surface area contributed by atoms with E-state index in [0.29, 0.717) is 11.6 Å². The lowest BCUT2D eigenvalue weighted by Gasteiger charge is -2.31. The fourth-order valence-corrected chi connectivity index (χ4v) is 2.30. The zero-order chi connectivity index (χ0) is 13.8. The molecule has 0 saturated carbocycles. The van der Waals surface area contributed by atoms with Crippen molar-refractivity contribution < 1.29 is 4.79 Å². The maximum atomic E-state index is 11.6. The van der Waals surface area contributed by atoms with Gasteiger partial charge in [0.1, 0.15) is 11.8 Å². The summed E-state index contributed by atoms with van der Waals surface area (Å²) in [7, 11) is 1.66. The van der Waals surface area contributed by atoms with E-state index < -0.39 is 0 Å². The average Bonchev–Trinajstić information content (AvgIpc) is 2.46. The lowest BCUT2D eigenvalue weighted by molar-refractivity contribution is -0.125. The van der Waals surface area contributed by atoms with Gasteiger partial charge in [-0.15, -0.1) is 0 Å². The molecule has 1 N–H and O–H groups in total. The minimum atomic E-state index is 0.0708. The molecule has 1 amide bonds. The molecule has 0 radical (unpaired) electrons. The third-order valence-corrected chi connectivity index (χ3v) is 3.35. The molecule has 1 aliphatic heterocycles. The molecule has 1 aromatic rings. The molecule has 0 spiro atoms. The van der Waals surface area contributed by atoms with Crippen LogP contribution in [0.2, 0.25) is 0 Å². The van der Waals surface area contributed by atoms with Gasteiger partial charge in [0.15, 0.2) is 0 Å². The summed E-state index contributed by atoms with van der Waals surface area (Å²) in [5.41, 5.74) is 1.17. The number of carbonyl (C=O) groups is 1. The smallest absolute Gasteiger partial charge is 0.226 e. The van der Waals surface area contributed by atoms with Gasteiger partial charge < -0.3 is 10.2 Å². The van der Waals surface area contributed by atoms with Crippen LogP contribution < -0.4 is 10.2 Å². The van der Waals surface area contributed by atoms with Crippen molar-refractivity contribution in [3.05, 3.63) is 17.5 Å². The van der Waals surface area contributed by atoms with Crippen molar-refractivity contribution in [2.24, 2.45) is 5.92 Å². The fourth-order valence-electron chi connectivity index (χ4n) is 2.30. The highest BCUT2D eigenvalue weighted by molar-refractivity contribution is 5.78. The van der Waals surface area contributed by atoms with E-state index in [9.17, 15) is 4.79 Å². The van der Waals surface area contributed by atoms with Crippen molar-refractivity contribution in [1.82, 2.24) is 15.3 Å². The highest BCUT2D eigenvalue weighted by Gasteiger charge is 2.25. The lowest BCUT2D eigenvalue weighted by atomic mass is 9.96. The molecule has 1 fully saturated rings. The SMILES string of the molecule is CNC(=O)C1CCN(c2nc(C)cc(C#N)n2)CC1. The lowest BCUT2D eigenvalue weighted by Crippen LogP contribution is -2.40. The standard InChI is InChI=1S/C13H17N5O/c1-9-7-11(8-14)17-13(16-9)18-5-3-10(4-6-18)12(19)15-2/h7,10H,3-6H2,1-2H3,(H,15,19). The number of nitrogens with zero attached hydrogens (tertiary/aromatic N) is 4. The Kier molecular flexibility index (Phi) is 3.95. The quantitative estimate of drug-likeness (QED) is 0.842. The number of aromatic nitrogens is 2. The van der Waals surface area contributed by atoms with Crippen LogP contribution in [0.1, 0.15) is 24.2 Å². The van der Waals surface area contributed by atoms with Crippen molar-refractivity contribution in [2.45, 2.75) is 19.8 Å². The highest BCUT2D eigenvalue weighted by Crippen LogP contribution is 2.21. The topological polar surface area (TPSA) is 81.9 Å². The van der Waals surface area contributed by atoms with E-state index in [0.717, 1.165) is 31.6 Å². The molecule has 2 heterocycles. The molecule has 0 bridgehead atoms. The third kappa shape index (κ3) is 2.99. The first-order valence-electron chi connectivity index (χ1n) is 6.36. The summed E-state index contributed by atoms with van der Waals surface area (Å²) in [4.78, 5) is 22.2. The molecule has 0 aromatic carbocycles. The maximum absolute atomic E-state index is 11.6. The molecule has 1 aliphatic rings. The van der Waals surface area contributed by atoms with Crippen LogP contribution in [-0.2, 0) is 4.79 Å². The normalized spacial score (nSPS) is 15.9. The Balaban J connectivity index is 2.08. The third-order valence-electron chi connectivity index (χ3n) is 3.35. The number of piperidine rings is 1. The van der Waals surface area contributed by atoms with Crippen LogP contribution in [0.15, 0.2) is 6.07 Å². The van der Waals surface area contributed by atoms with E-state index >= 15 is 0 Å². The van der Waals surface area contributed by atoms with Crippen molar-refractivity contribution >= 4 is 11.9 Å². The number of carbonyl (C=O) groups excluding carboxylic acids is 1. The minimum absolute atomic E-state index is 0.0708. The minimum Gasteiger partial charge on any atom is -0.359 e. The van der Waals surface area contributed by atoms with Crippen LogP contribution in [0.5, 0.6) is 0 Å². The fraction of sp³-hybridized carbons (Fsp3) is 0.538. The van der Waals surface area contributed by atoms with Gasteiger partial charge in [-0.1, -0.05) is 0 Å². The number of nitrogens with one attached hydrogen (secondary N) is 1. The predicted octanol–water partition coefficient (Wildman–Crippen LogP) is 0.619. The van der Waals surface area contributed by atoms with Crippen LogP contribution in [0.25, 0.3) is 0 Å². The molecule has 100 valence electrons. The summed E-state index contributed by atoms with van der Waals surface area (Å²) in [5, 5.41) is 11.6. The van der Waals surface area contributed by atoms with Crippen LogP contribution in [0.3, 0.4) is 0 Å². The number of nitriles is 1. The number of amides is 1. The first kappa shape index (κ1) is 13.3. The van der Waals surface area contributed by atoms with Crippen molar-refractivity contribution in [2.75, 3.05) is 25.0 Å². The number of rotatable bonds is 2. The van der Waals surface area contributed by atoms with Gasteiger partial charge in [0, 0.05) is 31.7 Å². The van der Waals surface area contributed by atoms with Gasteiger partial charge in [-0.3, -0.25) is 4.79 Å². The largest absolute Gasteiger partial charge is 0.359 e. The summed E-state index contributed by atoms with van der Waals surface area (Å²) >= 11 is 0. The summed E-state index contributed by atoms with van der Waals surface area (Å²) in [6.07, 6.45) is 1.58. The zero-order valence-corrected chi connectivity index (χ0v) is 11.2. The molecule has 0 aliphatic carbocycles. The Morgan fingerprint density at radius 2 is 2.16 bits per heavy atom. The van der Waals surface area contributed by atoms with Crippen molar-refractivity contribution in [3.63, 3.8) is 0 Å². The van der Waals surface area contributed by atoms with Crippen LogP contribution in [-0.4, -0.2) is 36.0 Å². The predicted molar refractivity (Wildman–Crippen MR) is 70.5 cm³/mol. The Bertz CT molecular complexity index is 514. The Labute approximate surface area is 112 Å². The Morgan fingerprint density at radius 3 is 2.74 bits per heavy atom. The molecule has 6 heteroatoms. The summed E-state index contributed by atoms with van der Waals surface area (Å²) in [5.74, 6) is 0.760. The number of aryl methyl sites for hydroxylation is 1. The van der Waals surface area contributed by atoms with Gasteiger partial charge in [-0.2, -0.15) is 5.26 Å². The molecule has 6 nitrogen and oxygen atoms in total. The maximum Gasteiger partial charge on any atom is 0.226 e. The molecule has 1 saturated heterocycles. The van der Waals surface area contributed by atoms with E-state index in [1.165, 1.54) is 0 Å². The van der Waals surface area contributed by atoms with Crippen LogP contribution in [0.4, 0.5) is 5.95 Å². The van der Waals surface area contributed by atoms with Crippen molar-refractivity contribution in [1.29, 1.82) is 5.26 Å². The van der Waals surface area contributed by atoms with Crippen molar-refractivity contribution in [3.8, 4) is 6.07 Å². The Hall–Kier alpha value is -2.16. The van der Waals surface area contributed by atoms with Gasteiger partial charge in [-0.25, -0.2) is 9.97 Å². The number of hydrogen-bond donors (Lipinski definition) is 1. The summed E-state index contributed by atoms with van der Waals surface area (Å²) in [6.45, 7) is 3.34. The van der Waals surface area contributed by atoms with E-state index in [1.807, 2.05) is 17.9 Å². The van der Waals surface area contributed by atoms with E-state index in [-0.39, 0.29) is 11.8 Å². The summed E-state index contributed by atoms with van der Waals surface area (Å²) in [6, 6.07) is 3.71. The first-order chi connectivity index (χ1) is 9.13. The average molecular weight is 259 g/mol. The Morgan fingerprint density at radius 1 is 1.47 bits per heavy atom. The van der Waals surface area contributed by atoms with Gasteiger partial charge in [-0.05, 0) is 25.8 Å². The second-order valence-electron chi connectivity index (χ2n) is 4.68. The van der Waals surface area contributed by atoms with E-state index in [2.05, 4.69) is 15.3 Å². The molecule has 0 atom stereocenters. The second kappa shape index (κ2) is 5.65. The molecule has 19 heavy (non-hydrogen) atoms. The number of anilines is 1. The molecular weight excluding hydrogens is 242 g/mol. The van der Waals surface area contributed by atoms with E-state index in [4.69, 9.17) is 5.26 Å². The second-order valence-corrected chi connectivity index (χ2v) is 4.68. The summed E-state index contributed by atoms with van der Waals surface area (Å²) < 4.78 is 0.